The van der Waals surface area contributed by atoms with Gasteiger partial charge in [-0.2, -0.15) is 4.98 Å². The zero-order chi connectivity index (χ0) is 20.7. The summed E-state index contributed by atoms with van der Waals surface area (Å²) in [6, 6.07) is -3.48. The molecule has 12 nitrogen and oxygen atoms in total. The van der Waals surface area contributed by atoms with Crippen molar-refractivity contribution in [1.82, 2.24) is 20.8 Å². The van der Waals surface area contributed by atoms with Crippen molar-refractivity contribution in [2.75, 3.05) is 18.0 Å². The number of anilines is 1. The Balaban J connectivity index is 2.09. The average Bonchev–Trinajstić information content (AvgIpc) is 2.94. The fourth-order valence-corrected chi connectivity index (χ4v) is 2.90. The van der Waals surface area contributed by atoms with E-state index in [-0.39, 0.29) is 12.3 Å². The van der Waals surface area contributed by atoms with Crippen molar-refractivity contribution in [1.29, 1.82) is 0 Å². The number of urea groups is 1. The molecule has 156 valence electrons. The van der Waals surface area contributed by atoms with Gasteiger partial charge < -0.3 is 36.0 Å². The van der Waals surface area contributed by atoms with Gasteiger partial charge in [0, 0.05) is 13.1 Å². The Kier molecular flexibility index (Phi) is 7.55. The number of rotatable bonds is 8. The molecule has 0 bridgehead atoms. The van der Waals surface area contributed by atoms with Crippen LogP contribution in [0.4, 0.5) is 10.7 Å². The number of primary amides is 1. The van der Waals surface area contributed by atoms with Gasteiger partial charge in [0.25, 0.3) is 11.8 Å². The summed E-state index contributed by atoms with van der Waals surface area (Å²) in [5.41, 5.74) is 5.23. The van der Waals surface area contributed by atoms with Crippen LogP contribution in [0.15, 0.2) is 4.52 Å². The number of amides is 3. The van der Waals surface area contributed by atoms with Gasteiger partial charge >= 0.3 is 12.0 Å². The molecule has 2 rings (SSSR count). The summed E-state index contributed by atoms with van der Waals surface area (Å²) in [5, 5.41) is 26.9. The summed E-state index contributed by atoms with van der Waals surface area (Å²) < 4.78 is 5.20. The normalized spacial score (nSPS) is 17.9. The Bertz CT molecular complexity index is 685. The molecular formula is C16H26N6O6. The van der Waals surface area contributed by atoms with Crippen molar-refractivity contribution >= 4 is 23.9 Å². The fourth-order valence-electron chi connectivity index (χ4n) is 2.90. The Morgan fingerprint density at radius 1 is 1.21 bits per heavy atom. The van der Waals surface area contributed by atoms with Gasteiger partial charge in [-0.25, -0.2) is 9.59 Å². The minimum Gasteiger partial charge on any atom is -0.480 e. The number of carboxylic acid groups (broad SMARTS) is 1. The molecule has 1 aromatic heterocycles. The predicted octanol–water partition coefficient (Wildman–Crippen LogP) is -0.500. The largest absolute Gasteiger partial charge is 0.480 e. The van der Waals surface area contributed by atoms with Crippen molar-refractivity contribution in [3.8, 4) is 0 Å². The fraction of sp³-hybridized carbons (Fsp3) is 0.688. The molecular weight excluding hydrogens is 372 g/mol. The second-order valence-corrected chi connectivity index (χ2v) is 6.73. The smallest absolute Gasteiger partial charge is 0.328 e. The highest BCUT2D eigenvalue weighted by atomic mass is 16.5. The van der Waals surface area contributed by atoms with Gasteiger partial charge in [-0.05, 0) is 24.9 Å². The van der Waals surface area contributed by atoms with Crippen LogP contribution in [0.5, 0.6) is 0 Å². The number of aliphatic hydroxyl groups is 1. The van der Waals surface area contributed by atoms with Crippen LogP contribution in [0.3, 0.4) is 0 Å². The highest BCUT2D eigenvalue weighted by Gasteiger charge is 2.29. The third-order valence-corrected chi connectivity index (χ3v) is 4.36. The molecule has 0 saturated carbocycles. The molecule has 1 aliphatic heterocycles. The van der Waals surface area contributed by atoms with Crippen molar-refractivity contribution in [3.05, 3.63) is 5.89 Å². The number of hydrogen-bond donors (Lipinski definition) is 5. The average molecular weight is 398 g/mol. The standard InChI is InChI=1S/C16H26N6O6/c1-9(23)12(14(25)26)19-16(27)18-10(8-11(17)24)13-20-15(21-28-13)22-6-4-2-3-5-7-22/h9-10,12,23H,2-8H2,1H3,(H2,17,24)(H,25,26)(H2,18,19,27)/t9?,10-,12-/m0/s1. The lowest BCUT2D eigenvalue weighted by Gasteiger charge is -2.20. The number of nitrogens with zero attached hydrogens (tertiary/aromatic N) is 3. The highest BCUT2D eigenvalue weighted by molar-refractivity contribution is 5.83. The second kappa shape index (κ2) is 9.88. The van der Waals surface area contributed by atoms with Crippen LogP contribution in [0.25, 0.3) is 0 Å². The number of carboxylic acids is 1. The van der Waals surface area contributed by atoms with Gasteiger partial charge in [-0.15, -0.1) is 0 Å². The molecule has 2 heterocycles. The minimum absolute atomic E-state index is 0.0166. The van der Waals surface area contributed by atoms with Crippen LogP contribution in [-0.2, 0) is 9.59 Å². The number of aliphatic carboxylic acids is 1. The summed E-state index contributed by atoms with van der Waals surface area (Å²) in [4.78, 5) is 40.8. The monoisotopic (exact) mass is 398 g/mol. The van der Waals surface area contributed by atoms with Crippen LogP contribution >= 0.6 is 0 Å². The number of carbonyl (C=O) groups excluding carboxylic acids is 2. The molecule has 28 heavy (non-hydrogen) atoms. The van der Waals surface area contributed by atoms with E-state index in [1.165, 1.54) is 6.92 Å². The molecule has 1 saturated heterocycles. The van der Waals surface area contributed by atoms with Gasteiger partial charge in [0.05, 0.1) is 12.5 Å². The lowest BCUT2D eigenvalue weighted by atomic mass is 10.2. The van der Waals surface area contributed by atoms with E-state index >= 15 is 0 Å². The van der Waals surface area contributed by atoms with Gasteiger partial charge in [0.2, 0.25) is 5.91 Å². The quantitative estimate of drug-likeness (QED) is 0.385. The first-order valence-electron chi connectivity index (χ1n) is 9.12. The third kappa shape index (κ3) is 6.08. The molecule has 3 atom stereocenters. The number of carbonyl (C=O) groups is 3. The Labute approximate surface area is 161 Å². The molecule has 0 spiro atoms. The molecule has 0 aromatic carbocycles. The maximum atomic E-state index is 12.1. The van der Waals surface area contributed by atoms with E-state index in [0.717, 1.165) is 38.8 Å². The first-order valence-corrected chi connectivity index (χ1v) is 9.12. The predicted molar refractivity (Wildman–Crippen MR) is 96.3 cm³/mol. The third-order valence-electron chi connectivity index (χ3n) is 4.36. The molecule has 1 unspecified atom stereocenters. The molecule has 6 N–H and O–H groups in total. The molecule has 3 amide bonds. The van der Waals surface area contributed by atoms with E-state index in [1.54, 1.807) is 0 Å². The first kappa shape index (κ1) is 21.4. The summed E-state index contributed by atoms with van der Waals surface area (Å²) in [6.45, 7) is 2.79. The summed E-state index contributed by atoms with van der Waals surface area (Å²) in [7, 11) is 0. The summed E-state index contributed by atoms with van der Waals surface area (Å²) >= 11 is 0. The zero-order valence-electron chi connectivity index (χ0n) is 15.6. The summed E-state index contributed by atoms with van der Waals surface area (Å²) in [5.74, 6) is -1.78. The number of nitrogens with one attached hydrogen (secondary N) is 2. The molecule has 0 aliphatic carbocycles. The lowest BCUT2D eigenvalue weighted by Crippen LogP contribution is -2.52. The molecule has 12 heteroatoms. The molecule has 1 aromatic rings. The molecule has 1 aliphatic rings. The van der Waals surface area contributed by atoms with Crippen molar-refractivity contribution in [2.45, 2.75) is 57.2 Å². The van der Waals surface area contributed by atoms with Crippen LogP contribution < -0.4 is 21.3 Å². The number of nitrogens with two attached hydrogens (primary N) is 1. The number of hydrogen-bond acceptors (Lipinski definition) is 8. The van der Waals surface area contributed by atoms with E-state index in [2.05, 4.69) is 20.8 Å². The van der Waals surface area contributed by atoms with Gasteiger partial charge in [-0.3, -0.25) is 4.79 Å². The Hall–Kier alpha value is -2.89. The van der Waals surface area contributed by atoms with Crippen molar-refractivity contribution in [3.63, 3.8) is 0 Å². The van der Waals surface area contributed by atoms with Crippen molar-refractivity contribution in [2.24, 2.45) is 5.73 Å². The SMILES string of the molecule is CC(O)[C@H](NC(=O)N[C@@H](CC(N)=O)c1nc(N2CCCCCC2)no1)C(=O)O. The Morgan fingerprint density at radius 2 is 1.86 bits per heavy atom. The molecule has 1 fully saturated rings. The van der Waals surface area contributed by atoms with Gasteiger partial charge in [0.1, 0.15) is 6.04 Å². The van der Waals surface area contributed by atoms with E-state index in [0.29, 0.717) is 5.95 Å². The maximum Gasteiger partial charge on any atom is 0.328 e. The van der Waals surface area contributed by atoms with Gasteiger partial charge in [-0.1, -0.05) is 12.8 Å². The van der Waals surface area contributed by atoms with Crippen LogP contribution in [0.2, 0.25) is 0 Å². The van der Waals surface area contributed by atoms with Crippen LogP contribution in [-0.4, -0.2) is 63.5 Å². The molecule has 0 radical (unpaired) electrons. The van der Waals surface area contributed by atoms with Crippen molar-refractivity contribution < 1.29 is 29.1 Å². The van der Waals surface area contributed by atoms with E-state index in [9.17, 15) is 19.5 Å². The van der Waals surface area contributed by atoms with Crippen LogP contribution in [0, 0.1) is 0 Å². The number of aromatic nitrogens is 2. The van der Waals surface area contributed by atoms with E-state index in [1.807, 2.05) is 4.90 Å². The maximum absolute atomic E-state index is 12.1. The van der Waals surface area contributed by atoms with Gasteiger partial charge in [0.15, 0.2) is 6.04 Å². The Morgan fingerprint density at radius 3 is 2.39 bits per heavy atom. The minimum atomic E-state index is -1.52. The summed E-state index contributed by atoms with van der Waals surface area (Å²) in [6.07, 6.45) is 2.62. The zero-order valence-corrected chi connectivity index (χ0v) is 15.6. The van der Waals surface area contributed by atoms with Crippen LogP contribution in [0.1, 0.15) is 51.0 Å². The highest BCUT2D eigenvalue weighted by Crippen LogP contribution is 2.20. The second-order valence-electron chi connectivity index (χ2n) is 6.73. The lowest BCUT2D eigenvalue weighted by molar-refractivity contribution is -0.141. The topological polar surface area (TPSA) is 184 Å². The van der Waals surface area contributed by atoms with E-state index < -0.39 is 36.1 Å². The first-order chi connectivity index (χ1) is 13.3. The number of aliphatic hydroxyl groups excluding tert-OH is 1. The van der Waals surface area contributed by atoms with E-state index in [4.69, 9.17) is 15.4 Å².